The number of aromatic nitrogens is 1. The van der Waals surface area contributed by atoms with Crippen molar-refractivity contribution in [2.75, 3.05) is 17.7 Å². The Morgan fingerprint density at radius 2 is 2.10 bits per heavy atom. The van der Waals surface area contributed by atoms with Gasteiger partial charge < -0.3 is 15.8 Å². The highest BCUT2D eigenvalue weighted by molar-refractivity contribution is 5.94. The number of pyridine rings is 1. The van der Waals surface area contributed by atoms with Crippen molar-refractivity contribution in [3.8, 4) is 0 Å². The quantitative estimate of drug-likeness (QED) is 0.645. The number of para-hydroxylation sites is 1. The molecule has 0 amide bonds. The van der Waals surface area contributed by atoms with Crippen molar-refractivity contribution in [2.45, 2.75) is 13.5 Å². The van der Waals surface area contributed by atoms with Gasteiger partial charge in [0.15, 0.2) is 0 Å². The van der Waals surface area contributed by atoms with Crippen LogP contribution in [-0.2, 0) is 11.3 Å². The third-order valence-corrected chi connectivity index (χ3v) is 2.80. The lowest BCUT2D eigenvalue weighted by atomic mass is 10.2. The van der Waals surface area contributed by atoms with E-state index in [0.29, 0.717) is 30.2 Å². The summed E-state index contributed by atoms with van der Waals surface area (Å²) in [6.07, 6.45) is 1.62. The molecule has 2 aromatic rings. The number of ether oxygens (including phenoxy) is 1. The predicted octanol–water partition coefficient (Wildman–Crippen LogP) is 2.45. The number of nitrogen functional groups attached to an aromatic ring is 1. The SMILES string of the molecule is CCOC(=O)c1cccnc1NCc1ccccc1N. The van der Waals surface area contributed by atoms with E-state index in [9.17, 15) is 4.79 Å². The number of hydrogen-bond acceptors (Lipinski definition) is 5. The fourth-order valence-electron chi connectivity index (χ4n) is 1.79. The zero-order valence-electron chi connectivity index (χ0n) is 11.3. The number of rotatable bonds is 5. The van der Waals surface area contributed by atoms with Crippen LogP contribution in [0.4, 0.5) is 11.5 Å². The Hall–Kier alpha value is -2.56. The Balaban J connectivity index is 2.14. The van der Waals surface area contributed by atoms with Crippen LogP contribution in [0.15, 0.2) is 42.6 Å². The molecule has 5 nitrogen and oxygen atoms in total. The number of nitrogens with two attached hydrogens (primary N) is 1. The van der Waals surface area contributed by atoms with Gasteiger partial charge in [-0.1, -0.05) is 18.2 Å². The van der Waals surface area contributed by atoms with E-state index in [0.717, 1.165) is 5.56 Å². The molecule has 0 bridgehead atoms. The van der Waals surface area contributed by atoms with Crippen LogP contribution in [0.2, 0.25) is 0 Å². The van der Waals surface area contributed by atoms with Crippen LogP contribution in [0.3, 0.4) is 0 Å². The number of esters is 1. The molecular formula is C15H17N3O2. The molecule has 104 valence electrons. The molecule has 1 aromatic carbocycles. The highest BCUT2D eigenvalue weighted by Crippen LogP contribution is 2.16. The van der Waals surface area contributed by atoms with Gasteiger partial charge in [-0.25, -0.2) is 9.78 Å². The van der Waals surface area contributed by atoms with E-state index in [4.69, 9.17) is 10.5 Å². The van der Waals surface area contributed by atoms with Crippen molar-refractivity contribution < 1.29 is 9.53 Å². The second-order valence-electron chi connectivity index (χ2n) is 4.17. The number of benzene rings is 1. The van der Waals surface area contributed by atoms with Crippen molar-refractivity contribution in [3.63, 3.8) is 0 Å². The molecule has 0 saturated heterocycles. The van der Waals surface area contributed by atoms with Crippen LogP contribution in [0.5, 0.6) is 0 Å². The van der Waals surface area contributed by atoms with Crippen LogP contribution in [0, 0.1) is 0 Å². The van der Waals surface area contributed by atoms with Gasteiger partial charge in [-0.2, -0.15) is 0 Å². The molecule has 3 N–H and O–H groups in total. The Morgan fingerprint density at radius 1 is 1.30 bits per heavy atom. The van der Waals surface area contributed by atoms with Crippen LogP contribution >= 0.6 is 0 Å². The van der Waals surface area contributed by atoms with Crippen LogP contribution in [0.25, 0.3) is 0 Å². The first kappa shape index (κ1) is 13.9. The minimum absolute atomic E-state index is 0.332. The summed E-state index contributed by atoms with van der Waals surface area (Å²) in [5, 5.41) is 3.12. The summed E-state index contributed by atoms with van der Waals surface area (Å²) >= 11 is 0. The molecule has 0 aliphatic heterocycles. The van der Waals surface area contributed by atoms with Crippen LogP contribution in [-0.4, -0.2) is 17.6 Å². The Labute approximate surface area is 117 Å². The second kappa shape index (κ2) is 6.56. The lowest BCUT2D eigenvalue weighted by Gasteiger charge is -2.11. The Morgan fingerprint density at radius 3 is 2.85 bits per heavy atom. The van der Waals surface area contributed by atoms with Crippen LogP contribution in [0.1, 0.15) is 22.8 Å². The summed E-state index contributed by atoms with van der Waals surface area (Å²) in [4.78, 5) is 16.0. The van der Waals surface area contributed by atoms with Gasteiger partial charge in [-0.3, -0.25) is 0 Å². The molecule has 0 aliphatic carbocycles. The fourth-order valence-corrected chi connectivity index (χ4v) is 1.79. The Kier molecular flexibility index (Phi) is 4.55. The van der Waals surface area contributed by atoms with Gasteiger partial charge in [0.05, 0.1) is 6.61 Å². The topological polar surface area (TPSA) is 77.2 Å². The smallest absolute Gasteiger partial charge is 0.341 e. The van der Waals surface area contributed by atoms with Gasteiger partial charge in [0.2, 0.25) is 0 Å². The number of carbonyl (C=O) groups excluding carboxylic acids is 1. The lowest BCUT2D eigenvalue weighted by molar-refractivity contribution is 0.0527. The van der Waals surface area contributed by atoms with Crippen molar-refractivity contribution in [3.05, 3.63) is 53.7 Å². The maximum Gasteiger partial charge on any atom is 0.341 e. The first-order valence-corrected chi connectivity index (χ1v) is 6.41. The average Bonchev–Trinajstić information content (AvgIpc) is 2.47. The van der Waals surface area contributed by atoms with E-state index in [1.807, 2.05) is 24.3 Å². The van der Waals surface area contributed by atoms with Gasteiger partial charge in [-0.05, 0) is 30.7 Å². The largest absolute Gasteiger partial charge is 0.462 e. The van der Waals surface area contributed by atoms with Gasteiger partial charge in [0.25, 0.3) is 0 Å². The first-order valence-electron chi connectivity index (χ1n) is 6.41. The Bertz CT molecular complexity index is 599. The van der Waals surface area contributed by atoms with Crippen LogP contribution < -0.4 is 11.1 Å². The molecule has 1 heterocycles. The van der Waals surface area contributed by atoms with E-state index in [-0.39, 0.29) is 5.97 Å². The highest BCUT2D eigenvalue weighted by Gasteiger charge is 2.13. The molecular weight excluding hydrogens is 254 g/mol. The normalized spacial score (nSPS) is 10.1. The third kappa shape index (κ3) is 3.26. The van der Waals surface area contributed by atoms with Crippen molar-refractivity contribution in [1.82, 2.24) is 4.98 Å². The van der Waals surface area contributed by atoms with E-state index < -0.39 is 0 Å². The lowest BCUT2D eigenvalue weighted by Crippen LogP contribution is -2.11. The third-order valence-electron chi connectivity index (χ3n) is 2.80. The standard InChI is InChI=1S/C15H17N3O2/c1-2-20-15(19)12-7-5-9-17-14(12)18-10-11-6-3-4-8-13(11)16/h3-9H,2,10,16H2,1H3,(H,17,18). The zero-order chi connectivity index (χ0) is 14.4. The van der Waals surface area contributed by atoms with Gasteiger partial charge in [0.1, 0.15) is 11.4 Å². The summed E-state index contributed by atoms with van der Waals surface area (Å²) in [5.41, 5.74) is 7.95. The number of carbonyl (C=O) groups is 1. The summed E-state index contributed by atoms with van der Waals surface area (Å²) < 4.78 is 5.00. The first-order chi connectivity index (χ1) is 9.72. The van der Waals surface area contributed by atoms with Crippen molar-refractivity contribution >= 4 is 17.5 Å². The molecule has 0 aliphatic rings. The molecule has 1 aromatic heterocycles. The van der Waals surface area contributed by atoms with Crippen molar-refractivity contribution in [2.24, 2.45) is 0 Å². The van der Waals surface area contributed by atoms with E-state index >= 15 is 0 Å². The number of hydrogen-bond donors (Lipinski definition) is 2. The van der Waals surface area contributed by atoms with Gasteiger partial charge >= 0.3 is 5.97 Å². The monoisotopic (exact) mass is 271 g/mol. The zero-order valence-corrected chi connectivity index (χ0v) is 11.3. The summed E-state index contributed by atoms with van der Waals surface area (Å²) in [7, 11) is 0. The maximum atomic E-state index is 11.8. The molecule has 0 spiro atoms. The number of anilines is 2. The average molecular weight is 271 g/mol. The van der Waals surface area contributed by atoms with E-state index in [1.165, 1.54) is 0 Å². The van der Waals surface area contributed by atoms with E-state index in [2.05, 4.69) is 10.3 Å². The number of nitrogens with one attached hydrogen (secondary N) is 1. The number of nitrogens with zero attached hydrogens (tertiary/aromatic N) is 1. The van der Waals surface area contributed by atoms with Gasteiger partial charge in [-0.15, -0.1) is 0 Å². The van der Waals surface area contributed by atoms with Crippen molar-refractivity contribution in [1.29, 1.82) is 0 Å². The van der Waals surface area contributed by atoms with E-state index in [1.54, 1.807) is 25.3 Å². The van der Waals surface area contributed by atoms with Gasteiger partial charge in [0, 0.05) is 18.4 Å². The minimum Gasteiger partial charge on any atom is -0.462 e. The summed E-state index contributed by atoms with van der Waals surface area (Å²) in [6, 6.07) is 10.9. The molecule has 5 heteroatoms. The highest BCUT2D eigenvalue weighted by atomic mass is 16.5. The molecule has 20 heavy (non-hydrogen) atoms. The molecule has 0 unspecified atom stereocenters. The fraction of sp³-hybridized carbons (Fsp3) is 0.200. The predicted molar refractivity (Wildman–Crippen MR) is 78.4 cm³/mol. The summed E-state index contributed by atoms with van der Waals surface area (Å²) in [6.45, 7) is 2.60. The maximum absolute atomic E-state index is 11.8. The molecule has 0 atom stereocenters. The molecule has 0 fully saturated rings. The second-order valence-corrected chi connectivity index (χ2v) is 4.17. The minimum atomic E-state index is -0.385. The molecule has 2 rings (SSSR count). The summed E-state index contributed by atoms with van der Waals surface area (Å²) in [5.74, 6) is 0.110. The molecule has 0 radical (unpaired) electrons. The molecule has 0 saturated carbocycles.